The van der Waals surface area contributed by atoms with Gasteiger partial charge in [0.05, 0.1) is 16.7 Å². The van der Waals surface area contributed by atoms with Crippen LogP contribution >= 0.6 is 11.6 Å². The highest BCUT2D eigenvalue weighted by Crippen LogP contribution is 2.20. The van der Waals surface area contributed by atoms with Gasteiger partial charge in [0.1, 0.15) is 4.90 Å². The quantitative estimate of drug-likeness (QED) is 0.613. The van der Waals surface area contributed by atoms with Crippen LogP contribution in [0.25, 0.3) is 10.9 Å². The average Bonchev–Trinajstić information content (AvgIpc) is 3.02. The minimum absolute atomic E-state index is 0.00684. The van der Waals surface area contributed by atoms with Crippen molar-refractivity contribution in [3.8, 4) is 0 Å². The molecule has 25 heavy (non-hydrogen) atoms. The van der Waals surface area contributed by atoms with E-state index in [1.165, 1.54) is 12.1 Å². The van der Waals surface area contributed by atoms with Crippen LogP contribution in [0.2, 0.25) is 5.02 Å². The molecular weight excluding hydrogens is 364 g/mol. The Morgan fingerprint density at radius 2 is 2.00 bits per heavy atom. The third-order valence-electron chi connectivity index (χ3n) is 3.49. The molecule has 3 rings (SSSR count). The molecule has 0 saturated heterocycles. The van der Waals surface area contributed by atoms with E-state index in [-0.39, 0.29) is 28.8 Å². The summed E-state index contributed by atoms with van der Waals surface area (Å²) in [6, 6.07) is 11.5. The number of nitrogens with zero attached hydrogens (tertiary/aromatic N) is 1. The molecule has 3 N–H and O–H groups in total. The van der Waals surface area contributed by atoms with Crippen molar-refractivity contribution in [1.29, 1.82) is 0 Å². The Bertz CT molecular complexity index is 1020. The number of hydrogen-bond donors (Lipinski definition) is 3. The maximum atomic E-state index is 12.2. The van der Waals surface area contributed by atoms with Crippen LogP contribution in [-0.2, 0) is 14.8 Å². The highest BCUT2D eigenvalue weighted by Gasteiger charge is 2.17. The molecule has 1 aromatic heterocycles. The summed E-state index contributed by atoms with van der Waals surface area (Å²) in [4.78, 5) is 12.0. The number of benzene rings is 2. The number of H-pyrrole nitrogens is 1. The molecule has 2 aromatic carbocycles. The Kier molecular flexibility index (Phi) is 5.03. The van der Waals surface area contributed by atoms with Crippen molar-refractivity contribution in [1.82, 2.24) is 14.9 Å². The van der Waals surface area contributed by atoms with Crippen molar-refractivity contribution in [2.24, 2.45) is 0 Å². The number of nitrogens with one attached hydrogen (secondary N) is 3. The molecule has 0 aliphatic heterocycles. The molecule has 0 spiro atoms. The summed E-state index contributed by atoms with van der Waals surface area (Å²) < 4.78 is 26.7. The second kappa shape index (κ2) is 7.22. The van der Waals surface area contributed by atoms with E-state index >= 15 is 0 Å². The summed E-state index contributed by atoms with van der Waals surface area (Å²) in [6.07, 6.45) is 1.65. The number of aromatic nitrogens is 2. The second-order valence-electron chi connectivity index (χ2n) is 5.30. The van der Waals surface area contributed by atoms with E-state index in [0.717, 1.165) is 10.9 Å². The van der Waals surface area contributed by atoms with Gasteiger partial charge >= 0.3 is 0 Å². The fourth-order valence-electron chi connectivity index (χ4n) is 2.28. The van der Waals surface area contributed by atoms with Crippen molar-refractivity contribution in [2.75, 3.05) is 11.9 Å². The lowest BCUT2D eigenvalue weighted by molar-refractivity contribution is -0.116. The van der Waals surface area contributed by atoms with Crippen LogP contribution in [0.5, 0.6) is 0 Å². The zero-order chi connectivity index (χ0) is 17.9. The van der Waals surface area contributed by atoms with Crippen molar-refractivity contribution in [3.05, 3.63) is 53.7 Å². The zero-order valence-corrected chi connectivity index (χ0v) is 14.6. The number of carbonyl (C=O) groups excluding carboxylic acids is 1. The summed E-state index contributed by atoms with van der Waals surface area (Å²) in [5.74, 6) is -0.301. The molecule has 1 heterocycles. The van der Waals surface area contributed by atoms with Gasteiger partial charge in [-0.15, -0.1) is 0 Å². The van der Waals surface area contributed by atoms with E-state index in [1.807, 2.05) is 0 Å². The third kappa shape index (κ3) is 4.16. The van der Waals surface area contributed by atoms with E-state index < -0.39 is 10.0 Å². The van der Waals surface area contributed by atoms with E-state index in [9.17, 15) is 13.2 Å². The highest BCUT2D eigenvalue weighted by molar-refractivity contribution is 7.89. The molecule has 0 aliphatic carbocycles. The van der Waals surface area contributed by atoms with Gasteiger partial charge in [-0.25, -0.2) is 13.1 Å². The first-order valence-corrected chi connectivity index (χ1v) is 9.29. The van der Waals surface area contributed by atoms with Gasteiger partial charge in [0.2, 0.25) is 15.9 Å². The van der Waals surface area contributed by atoms with E-state index in [1.54, 1.807) is 36.5 Å². The van der Waals surface area contributed by atoms with Crippen LogP contribution < -0.4 is 10.0 Å². The Morgan fingerprint density at radius 3 is 2.80 bits per heavy atom. The Morgan fingerprint density at radius 1 is 1.20 bits per heavy atom. The maximum absolute atomic E-state index is 12.2. The topological polar surface area (TPSA) is 104 Å². The summed E-state index contributed by atoms with van der Waals surface area (Å²) in [7, 11) is -3.76. The number of aromatic amines is 1. The van der Waals surface area contributed by atoms with Crippen LogP contribution in [0.4, 0.5) is 5.69 Å². The number of halogens is 1. The number of hydrogen-bond acceptors (Lipinski definition) is 4. The lowest BCUT2D eigenvalue weighted by Crippen LogP contribution is -2.28. The molecule has 0 bridgehead atoms. The number of rotatable bonds is 6. The minimum Gasteiger partial charge on any atom is -0.326 e. The highest BCUT2D eigenvalue weighted by atomic mass is 35.5. The van der Waals surface area contributed by atoms with Crippen LogP contribution in [0.15, 0.2) is 53.6 Å². The predicted molar refractivity (Wildman–Crippen MR) is 96.0 cm³/mol. The zero-order valence-electron chi connectivity index (χ0n) is 13.0. The van der Waals surface area contributed by atoms with E-state index in [2.05, 4.69) is 20.2 Å². The largest absolute Gasteiger partial charge is 0.326 e. The number of anilines is 1. The number of fused-ring (bicyclic) bond motifs is 1. The number of sulfonamides is 1. The summed E-state index contributed by atoms with van der Waals surface area (Å²) in [6.45, 7) is -0.0344. The molecule has 130 valence electrons. The van der Waals surface area contributed by atoms with Gasteiger partial charge in [0, 0.05) is 24.0 Å². The maximum Gasteiger partial charge on any atom is 0.242 e. The summed E-state index contributed by atoms with van der Waals surface area (Å²) in [5.41, 5.74) is 1.48. The standard InChI is InChI=1S/C16H15ClN4O3S/c17-13-3-1-2-4-15(13)25(23,24)19-8-7-16(22)20-12-5-6-14-11(9-12)10-18-21-14/h1-6,9-10,19H,7-8H2,(H,18,21)(H,20,22). The Hall–Kier alpha value is -2.42. The first kappa shape index (κ1) is 17.4. The number of amides is 1. The van der Waals surface area contributed by atoms with Gasteiger partial charge in [0.25, 0.3) is 0 Å². The lowest BCUT2D eigenvalue weighted by atomic mass is 10.2. The van der Waals surface area contributed by atoms with Crippen LogP contribution in [0.3, 0.4) is 0 Å². The summed E-state index contributed by atoms with van der Waals surface area (Å²) >= 11 is 5.89. The van der Waals surface area contributed by atoms with Crippen LogP contribution in [-0.4, -0.2) is 31.1 Å². The van der Waals surface area contributed by atoms with Crippen molar-refractivity contribution < 1.29 is 13.2 Å². The Labute approximate surface area is 149 Å². The molecular formula is C16H15ClN4O3S. The molecule has 1 amide bonds. The predicted octanol–water partition coefficient (Wildman–Crippen LogP) is 2.52. The Balaban J connectivity index is 1.56. The second-order valence-corrected chi connectivity index (χ2v) is 7.44. The van der Waals surface area contributed by atoms with Crippen molar-refractivity contribution in [3.63, 3.8) is 0 Å². The van der Waals surface area contributed by atoms with Gasteiger partial charge in [-0.05, 0) is 30.3 Å². The first-order valence-electron chi connectivity index (χ1n) is 7.43. The van der Waals surface area contributed by atoms with Crippen molar-refractivity contribution in [2.45, 2.75) is 11.3 Å². The normalized spacial score (nSPS) is 11.6. The van der Waals surface area contributed by atoms with Crippen LogP contribution in [0.1, 0.15) is 6.42 Å². The minimum atomic E-state index is -3.76. The van der Waals surface area contributed by atoms with Gasteiger partial charge < -0.3 is 5.32 Å². The van der Waals surface area contributed by atoms with Gasteiger partial charge in [-0.2, -0.15) is 5.10 Å². The molecule has 0 fully saturated rings. The molecule has 0 aliphatic rings. The van der Waals surface area contributed by atoms with Gasteiger partial charge in [-0.1, -0.05) is 23.7 Å². The number of carbonyl (C=O) groups is 1. The van der Waals surface area contributed by atoms with E-state index in [4.69, 9.17) is 11.6 Å². The molecule has 9 heteroatoms. The monoisotopic (exact) mass is 378 g/mol. The molecule has 7 nitrogen and oxygen atoms in total. The molecule has 0 radical (unpaired) electrons. The van der Waals surface area contributed by atoms with Crippen LogP contribution in [0, 0.1) is 0 Å². The van der Waals surface area contributed by atoms with E-state index in [0.29, 0.717) is 5.69 Å². The summed E-state index contributed by atoms with van der Waals surface area (Å²) in [5, 5.41) is 10.5. The lowest BCUT2D eigenvalue weighted by Gasteiger charge is -2.09. The third-order valence-corrected chi connectivity index (χ3v) is 5.46. The molecule has 0 unspecified atom stereocenters. The van der Waals surface area contributed by atoms with Gasteiger partial charge in [0.15, 0.2) is 0 Å². The van der Waals surface area contributed by atoms with Crippen molar-refractivity contribution >= 4 is 44.1 Å². The average molecular weight is 379 g/mol. The molecule has 0 saturated carbocycles. The smallest absolute Gasteiger partial charge is 0.242 e. The fraction of sp³-hybridized carbons (Fsp3) is 0.125. The molecule has 0 atom stereocenters. The first-order chi connectivity index (χ1) is 12.0. The SMILES string of the molecule is O=C(CCNS(=O)(=O)c1ccccc1Cl)Nc1ccc2[nH]ncc2c1. The van der Waals surface area contributed by atoms with Gasteiger partial charge in [-0.3, -0.25) is 9.89 Å². The molecule has 3 aromatic rings. The fourth-order valence-corrected chi connectivity index (χ4v) is 3.83.